The molecule has 0 aliphatic rings. The van der Waals surface area contributed by atoms with Gasteiger partial charge in [0.05, 0.1) is 6.04 Å². The third-order valence-corrected chi connectivity index (χ3v) is 3.17. The Kier molecular flexibility index (Phi) is 4.70. The maximum atomic E-state index is 12.3. The molecule has 0 aromatic carbocycles. The second kappa shape index (κ2) is 4.73. The molecular formula is C5H11F3O2Si. The lowest BCUT2D eigenvalue weighted by atomic mass is 10.4. The molecule has 0 aliphatic carbocycles. The zero-order chi connectivity index (χ0) is 8.91. The summed E-state index contributed by atoms with van der Waals surface area (Å²) < 4.78 is 45.3. The smallest absolute Gasteiger partial charge is 0.327 e. The highest BCUT2D eigenvalue weighted by Crippen LogP contribution is 2.21. The molecule has 0 fully saturated rings. The van der Waals surface area contributed by atoms with Crippen molar-refractivity contribution in [2.24, 2.45) is 0 Å². The van der Waals surface area contributed by atoms with Gasteiger partial charge in [0.1, 0.15) is 0 Å². The summed E-state index contributed by atoms with van der Waals surface area (Å²) in [6.07, 6.45) is 0. The zero-order valence-electron chi connectivity index (χ0n) is 6.44. The van der Waals surface area contributed by atoms with Crippen LogP contribution in [0.25, 0.3) is 0 Å². The molecule has 0 atom stereocenters. The Labute approximate surface area is 65.1 Å². The van der Waals surface area contributed by atoms with Gasteiger partial charge in [0.2, 0.25) is 0 Å². The molecular weight excluding hydrogens is 177 g/mol. The van der Waals surface area contributed by atoms with E-state index in [0.29, 0.717) is 0 Å². The maximum Gasteiger partial charge on any atom is 0.327 e. The highest BCUT2D eigenvalue weighted by Gasteiger charge is 2.34. The maximum absolute atomic E-state index is 12.3. The van der Waals surface area contributed by atoms with E-state index in [4.69, 9.17) is 0 Å². The summed E-state index contributed by atoms with van der Waals surface area (Å²) in [7, 11) is 0.248. The first kappa shape index (κ1) is 10.9. The van der Waals surface area contributed by atoms with Crippen molar-refractivity contribution in [2.45, 2.75) is 12.0 Å². The van der Waals surface area contributed by atoms with Crippen LogP contribution in [-0.4, -0.2) is 36.1 Å². The Morgan fingerprint density at radius 1 is 1.27 bits per heavy atom. The van der Waals surface area contributed by atoms with Crippen molar-refractivity contribution in [2.75, 3.05) is 20.9 Å². The lowest BCUT2D eigenvalue weighted by molar-refractivity contribution is -0.00989. The minimum absolute atomic E-state index is 0.615. The molecule has 0 N–H and O–H groups in total. The first-order valence-corrected chi connectivity index (χ1v) is 4.81. The third-order valence-electron chi connectivity index (χ3n) is 1.19. The van der Waals surface area contributed by atoms with Gasteiger partial charge in [-0.3, -0.25) is 0 Å². The Balaban J connectivity index is 3.79. The van der Waals surface area contributed by atoms with Crippen molar-refractivity contribution in [3.63, 3.8) is 0 Å². The topological polar surface area (TPSA) is 18.5 Å². The van der Waals surface area contributed by atoms with Gasteiger partial charge in [0.25, 0.3) is 5.92 Å². The summed E-state index contributed by atoms with van der Waals surface area (Å²) in [5, 5.41) is 0. The van der Waals surface area contributed by atoms with Gasteiger partial charge < -0.3 is 8.85 Å². The van der Waals surface area contributed by atoms with E-state index in [1.54, 1.807) is 0 Å². The average Bonchev–Trinajstić information content (AvgIpc) is 2.00. The molecule has 0 unspecified atom stereocenters. The fraction of sp³-hybridized carbons (Fsp3) is 1.00. The van der Waals surface area contributed by atoms with Crippen molar-refractivity contribution >= 4 is 9.28 Å². The molecule has 0 radical (unpaired) electrons. The number of alkyl halides is 3. The lowest BCUT2D eigenvalue weighted by Gasteiger charge is -2.16. The van der Waals surface area contributed by atoms with Gasteiger partial charge in [-0.1, -0.05) is 0 Å². The van der Waals surface area contributed by atoms with E-state index in [0.717, 1.165) is 0 Å². The van der Waals surface area contributed by atoms with E-state index < -0.39 is 27.9 Å². The van der Waals surface area contributed by atoms with Gasteiger partial charge in [-0.05, 0) is 0 Å². The van der Waals surface area contributed by atoms with E-state index in [1.807, 2.05) is 0 Å². The molecule has 0 rings (SSSR count). The highest BCUT2D eigenvalue weighted by atomic mass is 28.3. The number of hydrogen-bond donors (Lipinski definition) is 0. The summed E-state index contributed by atoms with van der Waals surface area (Å²) >= 11 is 0. The zero-order valence-corrected chi connectivity index (χ0v) is 7.60. The molecule has 68 valence electrons. The summed E-state index contributed by atoms with van der Waals surface area (Å²) in [4.78, 5) is 0. The van der Waals surface area contributed by atoms with Gasteiger partial charge in [0, 0.05) is 14.2 Å². The molecule has 0 saturated carbocycles. The number of rotatable bonds is 5. The predicted octanol–water partition coefficient (Wildman–Crippen LogP) is 1.10. The quantitative estimate of drug-likeness (QED) is 0.602. The molecule has 0 amide bonds. The van der Waals surface area contributed by atoms with Crippen molar-refractivity contribution in [3.8, 4) is 0 Å². The highest BCUT2D eigenvalue weighted by molar-refractivity contribution is 6.44. The lowest BCUT2D eigenvalue weighted by Crippen LogP contribution is -2.31. The Hall–Kier alpha value is -0.0731. The molecule has 6 heteroatoms. The van der Waals surface area contributed by atoms with E-state index >= 15 is 0 Å². The number of hydrogen-bond acceptors (Lipinski definition) is 2. The minimum Gasteiger partial charge on any atom is -0.400 e. The summed E-state index contributed by atoms with van der Waals surface area (Å²) in [6, 6.07) is -0.615. The molecule has 11 heavy (non-hydrogen) atoms. The predicted molar refractivity (Wildman–Crippen MR) is 36.9 cm³/mol. The molecule has 0 saturated heterocycles. The monoisotopic (exact) mass is 188 g/mol. The van der Waals surface area contributed by atoms with Crippen molar-refractivity contribution in [1.82, 2.24) is 0 Å². The van der Waals surface area contributed by atoms with Gasteiger partial charge in [-0.15, -0.1) is 0 Å². The molecule has 0 aliphatic heterocycles. The first-order chi connectivity index (χ1) is 5.05. The Morgan fingerprint density at radius 2 is 1.73 bits per heavy atom. The summed E-state index contributed by atoms with van der Waals surface area (Å²) in [5.41, 5.74) is 0. The van der Waals surface area contributed by atoms with Crippen LogP contribution in [0.2, 0.25) is 6.04 Å². The molecule has 2 nitrogen and oxygen atoms in total. The minimum atomic E-state index is -3.29. The van der Waals surface area contributed by atoms with Gasteiger partial charge in [-0.25, -0.2) is 13.2 Å². The van der Waals surface area contributed by atoms with Crippen molar-refractivity contribution in [1.29, 1.82) is 0 Å². The SMILES string of the molecule is CO[SiH](CC(F)(F)CF)OC. The van der Waals surface area contributed by atoms with E-state index in [-0.39, 0.29) is 0 Å². The fourth-order valence-electron chi connectivity index (χ4n) is 0.561. The average molecular weight is 188 g/mol. The van der Waals surface area contributed by atoms with Crippen LogP contribution in [0.3, 0.4) is 0 Å². The van der Waals surface area contributed by atoms with E-state index in [1.165, 1.54) is 14.2 Å². The van der Waals surface area contributed by atoms with Crippen molar-refractivity contribution < 1.29 is 22.0 Å². The fourth-order valence-corrected chi connectivity index (χ4v) is 1.68. The summed E-state index contributed by atoms with van der Waals surface area (Å²) in [5.74, 6) is -3.29. The van der Waals surface area contributed by atoms with E-state index in [9.17, 15) is 13.2 Å². The van der Waals surface area contributed by atoms with Crippen LogP contribution >= 0.6 is 0 Å². The third kappa shape index (κ3) is 4.38. The second-order valence-electron chi connectivity index (χ2n) is 2.09. The van der Waals surface area contributed by atoms with Gasteiger partial charge >= 0.3 is 9.28 Å². The van der Waals surface area contributed by atoms with Crippen LogP contribution in [-0.2, 0) is 8.85 Å². The molecule has 0 spiro atoms. The van der Waals surface area contributed by atoms with Crippen LogP contribution in [0.15, 0.2) is 0 Å². The largest absolute Gasteiger partial charge is 0.400 e. The molecule has 0 heterocycles. The van der Waals surface area contributed by atoms with Gasteiger partial charge in [0.15, 0.2) is 6.67 Å². The van der Waals surface area contributed by atoms with Crippen LogP contribution < -0.4 is 0 Å². The number of halogens is 3. The molecule has 0 aromatic rings. The van der Waals surface area contributed by atoms with Crippen LogP contribution in [0, 0.1) is 0 Å². The van der Waals surface area contributed by atoms with Crippen molar-refractivity contribution in [3.05, 3.63) is 0 Å². The second-order valence-corrected chi connectivity index (χ2v) is 4.30. The van der Waals surface area contributed by atoms with E-state index in [2.05, 4.69) is 8.85 Å². The van der Waals surface area contributed by atoms with Gasteiger partial charge in [-0.2, -0.15) is 0 Å². The Morgan fingerprint density at radius 3 is 2.00 bits per heavy atom. The molecule has 0 aromatic heterocycles. The van der Waals surface area contributed by atoms with Crippen LogP contribution in [0.1, 0.15) is 0 Å². The van der Waals surface area contributed by atoms with Crippen LogP contribution in [0.4, 0.5) is 13.2 Å². The standard InChI is InChI=1S/C5H11F3O2Si/c1-9-11(10-2)4-5(7,8)3-6/h11H,3-4H2,1-2H3. The van der Waals surface area contributed by atoms with Crippen LogP contribution in [0.5, 0.6) is 0 Å². The molecule has 0 bridgehead atoms. The first-order valence-electron chi connectivity index (χ1n) is 3.05. The summed E-state index contributed by atoms with van der Waals surface area (Å²) in [6.45, 7) is -1.65. The normalized spacial score (nSPS) is 12.5. The Bertz CT molecular complexity index is 108.